The first kappa shape index (κ1) is 12.9. The number of nitrogens with two attached hydrogens (primary N) is 1. The van der Waals surface area contributed by atoms with Crippen LogP contribution in [-0.2, 0) is 4.74 Å². The van der Waals surface area contributed by atoms with Crippen LogP contribution < -0.4 is 5.73 Å². The Morgan fingerprint density at radius 1 is 1.48 bits per heavy atom. The van der Waals surface area contributed by atoms with E-state index in [0.29, 0.717) is 5.52 Å². The van der Waals surface area contributed by atoms with E-state index in [-0.39, 0.29) is 11.5 Å². The maximum absolute atomic E-state index is 14.5. The maximum Gasteiger partial charge on any atom is 0.327 e. The highest BCUT2D eigenvalue weighted by molar-refractivity contribution is 5.65. The van der Waals surface area contributed by atoms with Crippen molar-refractivity contribution in [2.24, 2.45) is 0 Å². The fourth-order valence-electron chi connectivity index (χ4n) is 3.15. The van der Waals surface area contributed by atoms with E-state index in [4.69, 9.17) is 10.5 Å². The standard InChI is InChI=1S/C12H12F2N4O3/c1-11-9(19)12(11,20)7(13)6(21-11)4-2-3-5-8(15)16-10(14)17-18(4)5/h2-3,6-7,9,19-20H,1H3,(H2,15,16,17). The zero-order valence-electron chi connectivity index (χ0n) is 10.9. The average molecular weight is 298 g/mol. The van der Waals surface area contributed by atoms with Crippen molar-refractivity contribution in [2.45, 2.75) is 36.5 Å². The minimum Gasteiger partial charge on any atom is -0.387 e. The third-order valence-electron chi connectivity index (χ3n) is 4.54. The first-order valence-electron chi connectivity index (χ1n) is 6.33. The predicted octanol–water partition coefficient (Wildman–Crippen LogP) is -0.276. The molecule has 0 spiro atoms. The monoisotopic (exact) mass is 298 g/mol. The Morgan fingerprint density at radius 3 is 2.81 bits per heavy atom. The summed E-state index contributed by atoms with van der Waals surface area (Å²) in [4.78, 5) is 3.38. The first-order chi connectivity index (χ1) is 9.80. The molecule has 4 N–H and O–H groups in total. The minimum absolute atomic E-state index is 0.0859. The second kappa shape index (κ2) is 3.49. The molecular weight excluding hydrogens is 286 g/mol. The second-order valence-corrected chi connectivity index (χ2v) is 5.60. The van der Waals surface area contributed by atoms with E-state index in [9.17, 15) is 19.0 Å². The molecule has 0 radical (unpaired) electrons. The van der Waals surface area contributed by atoms with Gasteiger partial charge in [-0.2, -0.15) is 9.37 Å². The largest absolute Gasteiger partial charge is 0.387 e. The van der Waals surface area contributed by atoms with Crippen LogP contribution >= 0.6 is 0 Å². The van der Waals surface area contributed by atoms with Crippen LogP contribution in [-0.4, -0.2) is 48.3 Å². The van der Waals surface area contributed by atoms with Crippen LogP contribution in [0.15, 0.2) is 12.1 Å². The highest BCUT2D eigenvalue weighted by atomic mass is 19.1. The van der Waals surface area contributed by atoms with Crippen molar-refractivity contribution in [3.8, 4) is 0 Å². The Bertz CT molecular complexity index is 768. The summed E-state index contributed by atoms with van der Waals surface area (Å²) in [5.74, 6) is -0.0859. The Kier molecular flexibility index (Phi) is 2.14. The summed E-state index contributed by atoms with van der Waals surface area (Å²) in [6.45, 7) is 1.42. The molecule has 1 saturated carbocycles. The lowest BCUT2D eigenvalue weighted by molar-refractivity contribution is -0.0534. The topological polar surface area (TPSA) is 106 Å². The van der Waals surface area contributed by atoms with Crippen LogP contribution in [0.4, 0.5) is 14.6 Å². The van der Waals surface area contributed by atoms with Gasteiger partial charge in [-0.25, -0.2) is 8.91 Å². The summed E-state index contributed by atoms with van der Waals surface area (Å²) in [7, 11) is 0. The van der Waals surface area contributed by atoms with Gasteiger partial charge in [0.1, 0.15) is 23.3 Å². The normalized spacial score (nSPS) is 41.5. The van der Waals surface area contributed by atoms with E-state index < -0.39 is 35.7 Å². The number of fused-ring (bicyclic) bond motifs is 2. The van der Waals surface area contributed by atoms with E-state index in [2.05, 4.69) is 10.1 Å². The number of ether oxygens (including phenoxy) is 1. The first-order valence-corrected chi connectivity index (χ1v) is 6.33. The number of nitrogen functional groups attached to an aromatic ring is 1. The Labute approximate surface area is 117 Å². The number of aromatic nitrogens is 3. The van der Waals surface area contributed by atoms with E-state index in [1.807, 2.05) is 0 Å². The van der Waals surface area contributed by atoms with E-state index in [1.165, 1.54) is 19.1 Å². The number of anilines is 1. The number of alkyl halides is 1. The van der Waals surface area contributed by atoms with Crippen LogP contribution in [0.5, 0.6) is 0 Å². The highest BCUT2D eigenvalue weighted by Gasteiger charge is 2.85. The van der Waals surface area contributed by atoms with Gasteiger partial charge >= 0.3 is 6.08 Å². The van der Waals surface area contributed by atoms with Crippen molar-refractivity contribution in [3.63, 3.8) is 0 Å². The van der Waals surface area contributed by atoms with Gasteiger partial charge in [-0.05, 0) is 19.1 Å². The minimum atomic E-state index is -1.96. The highest BCUT2D eigenvalue weighted by Crippen LogP contribution is 2.64. The van der Waals surface area contributed by atoms with Crippen molar-refractivity contribution < 1.29 is 23.7 Å². The average Bonchev–Trinajstić information content (AvgIpc) is 2.75. The van der Waals surface area contributed by atoms with Gasteiger partial charge in [0, 0.05) is 0 Å². The molecule has 1 aliphatic heterocycles. The Morgan fingerprint density at radius 2 is 2.19 bits per heavy atom. The van der Waals surface area contributed by atoms with Gasteiger partial charge < -0.3 is 20.7 Å². The molecule has 7 nitrogen and oxygen atoms in total. The Hall–Kier alpha value is -1.84. The van der Waals surface area contributed by atoms with Gasteiger partial charge in [-0.3, -0.25) is 0 Å². The molecule has 1 saturated heterocycles. The quantitative estimate of drug-likeness (QED) is 0.669. The molecule has 0 amide bonds. The van der Waals surface area contributed by atoms with Crippen molar-refractivity contribution in [2.75, 3.05) is 5.73 Å². The molecule has 112 valence electrons. The molecule has 1 aliphatic carbocycles. The van der Waals surface area contributed by atoms with Gasteiger partial charge in [0.2, 0.25) is 0 Å². The summed E-state index contributed by atoms with van der Waals surface area (Å²) in [6.07, 6.45) is -5.39. The fourth-order valence-corrected chi connectivity index (χ4v) is 3.15. The fraction of sp³-hybridized carbons (Fsp3) is 0.500. The second-order valence-electron chi connectivity index (χ2n) is 5.60. The van der Waals surface area contributed by atoms with E-state index >= 15 is 0 Å². The molecule has 2 aliphatic rings. The van der Waals surface area contributed by atoms with E-state index in [1.54, 1.807) is 0 Å². The zero-order valence-corrected chi connectivity index (χ0v) is 10.9. The van der Waals surface area contributed by atoms with Crippen LogP contribution in [0.3, 0.4) is 0 Å². The van der Waals surface area contributed by atoms with E-state index in [0.717, 1.165) is 4.52 Å². The Balaban J connectivity index is 1.83. The third kappa shape index (κ3) is 1.27. The number of hydrogen-bond acceptors (Lipinski definition) is 6. The summed E-state index contributed by atoms with van der Waals surface area (Å²) in [6, 6.07) is 2.98. The van der Waals surface area contributed by atoms with Crippen molar-refractivity contribution in [1.82, 2.24) is 14.6 Å². The molecule has 21 heavy (non-hydrogen) atoms. The molecule has 0 aromatic carbocycles. The van der Waals surface area contributed by atoms with Gasteiger partial charge in [0.25, 0.3) is 0 Å². The molecule has 2 aromatic rings. The van der Waals surface area contributed by atoms with Crippen LogP contribution in [0, 0.1) is 6.08 Å². The molecule has 4 rings (SSSR count). The van der Waals surface area contributed by atoms with Crippen molar-refractivity contribution >= 4 is 11.3 Å². The summed E-state index contributed by atoms with van der Waals surface area (Å²) >= 11 is 0. The van der Waals surface area contributed by atoms with Gasteiger partial charge in [0.05, 0.1) is 5.69 Å². The third-order valence-corrected chi connectivity index (χ3v) is 4.54. The molecule has 2 fully saturated rings. The number of halogens is 2. The van der Waals surface area contributed by atoms with Crippen LogP contribution in [0.2, 0.25) is 0 Å². The van der Waals surface area contributed by atoms with Gasteiger partial charge in [0.15, 0.2) is 17.6 Å². The smallest absolute Gasteiger partial charge is 0.327 e. The molecule has 2 aromatic heterocycles. The number of rotatable bonds is 1. The molecular formula is C12H12F2N4O3. The van der Waals surface area contributed by atoms with Crippen molar-refractivity contribution in [1.29, 1.82) is 0 Å². The molecule has 3 heterocycles. The number of nitrogens with zero attached hydrogens (tertiary/aromatic N) is 3. The number of hydrogen-bond donors (Lipinski definition) is 3. The predicted molar refractivity (Wildman–Crippen MR) is 65.4 cm³/mol. The molecule has 9 heteroatoms. The SMILES string of the molecule is CC12OC(c3ccc4c(N)nc(F)nn34)C(F)C1(O)C2O. The van der Waals surface area contributed by atoms with Crippen LogP contribution in [0.1, 0.15) is 18.7 Å². The van der Waals surface area contributed by atoms with Crippen molar-refractivity contribution in [3.05, 3.63) is 23.9 Å². The molecule has 5 unspecified atom stereocenters. The van der Waals surface area contributed by atoms with Crippen LogP contribution in [0.25, 0.3) is 5.52 Å². The summed E-state index contributed by atoms with van der Waals surface area (Å²) in [5.41, 5.74) is 2.74. The zero-order chi connectivity index (χ0) is 15.2. The van der Waals surface area contributed by atoms with Gasteiger partial charge in [-0.1, -0.05) is 0 Å². The lowest BCUT2D eigenvalue weighted by Crippen LogP contribution is -2.31. The molecule has 0 bridgehead atoms. The maximum atomic E-state index is 14.5. The van der Waals surface area contributed by atoms with Gasteiger partial charge in [-0.15, -0.1) is 5.10 Å². The summed E-state index contributed by atoms with van der Waals surface area (Å²) < 4.78 is 34.3. The summed E-state index contributed by atoms with van der Waals surface area (Å²) in [5, 5.41) is 23.3. The number of aliphatic hydroxyl groups excluding tert-OH is 1. The lowest BCUT2D eigenvalue weighted by atomic mass is 10.1. The lowest BCUT2D eigenvalue weighted by Gasteiger charge is -2.19. The number of aliphatic hydroxyl groups is 2. The molecule has 5 atom stereocenters.